The maximum Gasteiger partial charge on any atom is 0.352 e. The molecule has 1 fully saturated rings. The molecule has 2 atom stereocenters. The first-order chi connectivity index (χ1) is 17.9. The fourth-order valence-corrected chi connectivity index (χ4v) is 6.40. The second kappa shape index (κ2) is 11.9. The fourth-order valence-electron chi connectivity index (χ4n) is 3.42. The SMILES string of the molecule is C#CCON=C(C(=O)NC1C(=O)N2C(C(=O)O)=C(CSc3nncs3)CS[C@H]12)c1cccc(NC=O)n1. The molecule has 13 nitrogen and oxygen atoms in total. The standard InChI is InChI=1S/C21H17N7O6S3/c1-2-6-34-27-14(12-4-3-5-13(24-12)22-9-29)17(30)25-15-18(31)28-16(20(32)33)11(7-35-19(15)28)8-36-21-26-23-10-37-21/h1,3-5,9-10,15,19H,6-8H2,(H,25,30)(H,32,33)(H,22,24,29)/t15?,19-/m1/s1. The van der Waals surface area contributed by atoms with E-state index in [1.54, 1.807) is 5.51 Å². The van der Waals surface area contributed by atoms with Crippen molar-refractivity contribution >= 4 is 70.6 Å². The molecule has 2 aliphatic heterocycles. The van der Waals surface area contributed by atoms with Crippen LogP contribution in [0.1, 0.15) is 5.69 Å². The van der Waals surface area contributed by atoms with Gasteiger partial charge in [0.25, 0.3) is 11.8 Å². The molecule has 16 heteroatoms. The zero-order valence-electron chi connectivity index (χ0n) is 18.7. The van der Waals surface area contributed by atoms with Gasteiger partial charge in [0.15, 0.2) is 16.7 Å². The Morgan fingerprint density at radius 1 is 1.43 bits per heavy atom. The maximum atomic E-state index is 13.1. The molecule has 4 rings (SSSR count). The van der Waals surface area contributed by atoms with Crippen molar-refractivity contribution in [3.05, 3.63) is 40.7 Å². The number of fused-ring (bicyclic) bond motifs is 1. The molecule has 0 aromatic carbocycles. The average Bonchev–Trinajstić information content (AvgIpc) is 3.42. The number of pyridine rings is 1. The number of nitrogens with zero attached hydrogens (tertiary/aromatic N) is 5. The van der Waals surface area contributed by atoms with E-state index in [0.717, 1.165) is 0 Å². The van der Waals surface area contributed by atoms with Crippen LogP contribution in [0.3, 0.4) is 0 Å². The van der Waals surface area contributed by atoms with Crippen molar-refractivity contribution in [2.75, 3.05) is 23.4 Å². The van der Waals surface area contributed by atoms with Crippen LogP contribution in [0.15, 0.2) is 44.5 Å². The van der Waals surface area contributed by atoms with Crippen LogP contribution in [0.5, 0.6) is 0 Å². The van der Waals surface area contributed by atoms with E-state index in [2.05, 4.69) is 36.9 Å². The summed E-state index contributed by atoms with van der Waals surface area (Å²) in [5.41, 5.74) is 1.83. The summed E-state index contributed by atoms with van der Waals surface area (Å²) < 4.78 is 0.685. The van der Waals surface area contributed by atoms with Crippen LogP contribution >= 0.6 is 34.9 Å². The number of rotatable bonds is 11. The van der Waals surface area contributed by atoms with Crippen LogP contribution in [0.25, 0.3) is 0 Å². The summed E-state index contributed by atoms with van der Waals surface area (Å²) in [7, 11) is 0. The number of hydrogen-bond acceptors (Lipinski definition) is 12. The van der Waals surface area contributed by atoms with Gasteiger partial charge in [0.2, 0.25) is 6.41 Å². The Kier molecular flexibility index (Phi) is 8.38. The van der Waals surface area contributed by atoms with E-state index in [-0.39, 0.29) is 29.5 Å². The molecule has 0 spiro atoms. The van der Waals surface area contributed by atoms with Crippen molar-refractivity contribution in [1.82, 2.24) is 25.4 Å². The highest BCUT2D eigenvalue weighted by atomic mass is 32.2. The smallest absolute Gasteiger partial charge is 0.352 e. The number of amides is 3. The normalized spacial score (nSPS) is 18.8. The van der Waals surface area contributed by atoms with E-state index >= 15 is 0 Å². The summed E-state index contributed by atoms with van der Waals surface area (Å²) in [6.07, 6.45) is 5.60. The maximum absolute atomic E-state index is 13.1. The topological polar surface area (TPSA) is 176 Å². The Hall–Kier alpha value is -3.94. The van der Waals surface area contributed by atoms with Crippen LogP contribution in [0.2, 0.25) is 0 Å². The zero-order valence-corrected chi connectivity index (χ0v) is 21.1. The Labute approximate surface area is 222 Å². The van der Waals surface area contributed by atoms with Gasteiger partial charge in [-0.25, -0.2) is 9.78 Å². The van der Waals surface area contributed by atoms with Gasteiger partial charge in [-0.2, -0.15) is 0 Å². The largest absolute Gasteiger partial charge is 0.477 e. The third-order valence-corrected chi connectivity index (χ3v) is 8.25. The number of carboxylic acid groups (broad SMARTS) is 1. The quantitative estimate of drug-likeness (QED) is 0.0660. The zero-order chi connectivity index (χ0) is 26.4. The van der Waals surface area contributed by atoms with E-state index < -0.39 is 29.2 Å². The molecule has 3 amide bonds. The Morgan fingerprint density at radius 2 is 2.27 bits per heavy atom. The molecule has 3 N–H and O–H groups in total. The van der Waals surface area contributed by atoms with Crippen LogP contribution in [-0.2, 0) is 24.0 Å². The van der Waals surface area contributed by atoms with Crippen molar-refractivity contribution in [3.63, 3.8) is 0 Å². The third-order valence-electron chi connectivity index (χ3n) is 4.96. The molecule has 0 radical (unpaired) electrons. The van der Waals surface area contributed by atoms with Crippen LogP contribution in [-0.4, -0.2) is 84.6 Å². The highest BCUT2D eigenvalue weighted by molar-refractivity contribution is 8.01. The average molecular weight is 560 g/mol. The van der Waals surface area contributed by atoms with Gasteiger partial charge in [-0.3, -0.25) is 19.3 Å². The number of anilines is 1. The molecule has 2 aromatic heterocycles. The van der Waals surface area contributed by atoms with E-state index in [1.165, 1.54) is 58.0 Å². The van der Waals surface area contributed by atoms with E-state index in [0.29, 0.717) is 27.8 Å². The van der Waals surface area contributed by atoms with Crippen molar-refractivity contribution in [3.8, 4) is 12.3 Å². The van der Waals surface area contributed by atoms with Gasteiger partial charge in [0.1, 0.15) is 34.1 Å². The number of carbonyl (C=O) groups excluding carboxylic acids is 3. The lowest BCUT2D eigenvalue weighted by Gasteiger charge is -2.49. The number of β-lactam (4-membered cyclic amide) rings is 1. The van der Waals surface area contributed by atoms with Crippen molar-refractivity contribution in [1.29, 1.82) is 0 Å². The van der Waals surface area contributed by atoms with E-state index in [9.17, 15) is 24.3 Å². The predicted molar refractivity (Wildman–Crippen MR) is 136 cm³/mol. The van der Waals surface area contributed by atoms with E-state index in [4.69, 9.17) is 11.3 Å². The molecule has 0 saturated carbocycles. The molecular formula is C21H17N7O6S3. The summed E-state index contributed by atoms with van der Waals surface area (Å²) in [5, 5.41) is 25.6. The second-order valence-electron chi connectivity index (χ2n) is 7.20. The summed E-state index contributed by atoms with van der Waals surface area (Å²) in [6, 6.07) is 3.50. The molecule has 1 unspecified atom stereocenters. The summed E-state index contributed by atoms with van der Waals surface area (Å²) in [6.45, 7) is -0.220. The van der Waals surface area contributed by atoms with Gasteiger partial charge in [0.05, 0.1) is 0 Å². The number of aromatic nitrogens is 3. The number of nitrogens with one attached hydrogen (secondary N) is 2. The minimum Gasteiger partial charge on any atom is -0.477 e. The lowest BCUT2D eigenvalue weighted by atomic mass is 10.0. The van der Waals surface area contributed by atoms with Crippen LogP contribution < -0.4 is 10.6 Å². The predicted octanol–water partition coefficient (Wildman–Crippen LogP) is 0.386. The lowest BCUT2D eigenvalue weighted by molar-refractivity contribution is -0.150. The fraction of sp³-hybridized carbons (Fsp3) is 0.238. The van der Waals surface area contributed by atoms with Gasteiger partial charge in [-0.05, 0) is 17.7 Å². The highest BCUT2D eigenvalue weighted by Crippen LogP contribution is 2.41. The molecule has 2 aromatic rings. The van der Waals surface area contributed by atoms with Crippen molar-refractivity contribution in [2.24, 2.45) is 5.16 Å². The van der Waals surface area contributed by atoms with Crippen LogP contribution in [0.4, 0.5) is 5.82 Å². The summed E-state index contributed by atoms with van der Waals surface area (Å²) in [4.78, 5) is 59.2. The first-order valence-corrected chi connectivity index (χ1v) is 13.3. The first kappa shape index (κ1) is 26.1. The molecule has 2 aliphatic rings. The number of hydrogen-bond donors (Lipinski definition) is 3. The van der Waals surface area contributed by atoms with Crippen molar-refractivity contribution in [2.45, 2.75) is 15.8 Å². The number of thioether (sulfide) groups is 2. The number of aliphatic carboxylic acids is 1. The van der Waals surface area contributed by atoms with Crippen molar-refractivity contribution < 1.29 is 29.1 Å². The second-order valence-corrected chi connectivity index (χ2v) is 10.4. The lowest BCUT2D eigenvalue weighted by Crippen LogP contribution is -2.71. The van der Waals surface area contributed by atoms with E-state index in [1.807, 2.05) is 0 Å². The Morgan fingerprint density at radius 3 is 2.97 bits per heavy atom. The van der Waals surface area contributed by atoms with Gasteiger partial charge < -0.3 is 20.6 Å². The summed E-state index contributed by atoms with van der Waals surface area (Å²) in [5.74, 6) is 0.465. The number of oxime groups is 1. The monoisotopic (exact) mass is 559 g/mol. The minimum atomic E-state index is -1.23. The summed E-state index contributed by atoms with van der Waals surface area (Å²) >= 11 is 4.00. The van der Waals surface area contributed by atoms with Gasteiger partial charge in [-0.15, -0.1) is 28.4 Å². The van der Waals surface area contributed by atoms with Crippen LogP contribution in [0, 0.1) is 12.3 Å². The molecule has 37 heavy (non-hydrogen) atoms. The third kappa shape index (κ3) is 5.74. The number of terminal acetylenes is 1. The highest BCUT2D eigenvalue weighted by Gasteiger charge is 2.54. The molecule has 0 bridgehead atoms. The van der Waals surface area contributed by atoms with Gasteiger partial charge in [0, 0.05) is 11.5 Å². The molecule has 190 valence electrons. The first-order valence-electron chi connectivity index (χ1n) is 10.4. The number of carboxylic acids is 1. The molecule has 0 aliphatic carbocycles. The molecular weight excluding hydrogens is 542 g/mol. The van der Waals surface area contributed by atoms with Gasteiger partial charge >= 0.3 is 5.97 Å². The molecule has 1 saturated heterocycles. The Bertz CT molecular complexity index is 1320. The molecule has 4 heterocycles. The minimum absolute atomic E-state index is 0.0587. The Balaban J connectivity index is 1.51. The van der Waals surface area contributed by atoms with Gasteiger partial charge in [-0.1, -0.05) is 40.2 Å². The number of carbonyl (C=O) groups is 4.